The van der Waals surface area contributed by atoms with Gasteiger partial charge in [-0.3, -0.25) is 4.98 Å². The molecular formula is C14H26N2. The molecule has 1 aromatic heterocycles. The quantitative estimate of drug-likeness (QED) is 0.824. The van der Waals surface area contributed by atoms with Crippen molar-refractivity contribution in [3.63, 3.8) is 0 Å². The molecule has 16 heavy (non-hydrogen) atoms. The van der Waals surface area contributed by atoms with Gasteiger partial charge in [0.15, 0.2) is 0 Å². The van der Waals surface area contributed by atoms with Crippen molar-refractivity contribution in [2.24, 2.45) is 0 Å². The lowest BCUT2D eigenvalue weighted by Gasteiger charge is -2.14. The lowest BCUT2D eigenvalue weighted by molar-refractivity contribution is 0.579. The molecule has 1 aromatic rings. The summed E-state index contributed by atoms with van der Waals surface area (Å²) in [6, 6.07) is 4.30. The average Bonchev–Trinajstić information content (AvgIpc) is 2.35. The van der Waals surface area contributed by atoms with Crippen LogP contribution >= 0.6 is 0 Å². The first-order chi connectivity index (χ1) is 7.77. The number of aromatic nitrogens is 1. The number of nitrogens with one attached hydrogen (secondary N) is 1. The van der Waals surface area contributed by atoms with E-state index in [0.717, 1.165) is 12.2 Å². The highest BCUT2D eigenvalue weighted by atomic mass is 14.8. The van der Waals surface area contributed by atoms with Gasteiger partial charge in [0.25, 0.3) is 0 Å². The number of aryl methyl sites for hydroxylation is 1. The lowest BCUT2D eigenvalue weighted by Crippen LogP contribution is -2.12. The van der Waals surface area contributed by atoms with Gasteiger partial charge >= 0.3 is 0 Å². The Hall–Kier alpha value is -0.890. The van der Waals surface area contributed by atoms with Crippen LogP contribution in [-0.2, 0) is 0 Å². The van der Waals surface area contributed by atoms with Crippen molar-refractivity contribution in [2.45, 2.75) is 46.5 Å². The molecule has 0 aliphatic carbocycles. The van der Waals surface area contributed by atoms with Crippen LogP contribution in [0.1, 0.15) is 50.8 Å². The van der Waals surface area contributed by atoms with Gasteiger partial charge in [-0.15, -0.1) is 0 Å². The van der Waals surface area contributed by atoms with Crippen LogP contribution in [-0.4, -0.2) is 18.6 Å². The maximum atomic E-state index is 4.34. The van der Waals surface area contributed by atoms with Crippen molar-refractivity contribution < 1.29 is 0 Å². The lowest BCUT2D eigenvalue weighted by atomic mass is 9.94. The van der Waals surface area contributed by atoms with E-state index in [4.69, 9.17) is 0 Å². The van der Waals surface area contributed by atoms with Crippen molar-refractivity contribution >= 4 is 0 Å². The molecule has 0 aliphatic rings. The second-order valence-corrected chi connectivity index (χ2v) is 3.73. The van der Waals surface area contributed by atoms with Gasteiger partial charge in [0.05, 0.1) is 0 Å². The van der Waals surface area contributed by atoms with Gasteiger partial charge in [-0.1, -0.05) is 26.8 Å². The van der Waals surface area contributed by atoms with E-state index in [1.54, 1.807) is 0 Å². The predicted octanol–water partition coefficient (Wildman–Crippen LogP) is 3.52. The van der Waals surface area contributed by atoms with Gasteiger partial charge in [-0.2, -0.15) is 0 Å². The van der Waals surface area contributed by atoms with Gasteiger partial charge in [-0.25, -0.2) is 0 Å². The average molecular weight is 222 g/mol. The Morgan fingerprint density at radius 2 is 2.00 bits per heavy atom. The van der Waals surface area contributed by atoms with Crippen molar-refractivity contribution in [1.29, 1.82) is 0 Å². The van der Waals surface area contributed by atoms with Crippen LogP contribution in [0, 0.1) is 6.92 Å². The Morgan fingerprint density at radius 1 is 1.31 bits per heavy atom. The van der Waals surface area contributed by atoms with Crippen molar-refractivity contribution in [1.82, 2.24) is 10.3 Å². The zero-order valence-corrected chi connectivity index (χ0v) is 11.4. The summed E-state index contributed by atoms with van der Waals surface area (Å²) in [5.41, 5.74) is 2.46. The summed E-state index contributed by atoms with van der Waals surface area (Å²) in [6.07, 6.45) is 4.39. The molecule has 1 unspecified atom stereocenters. The maximum absolute atomic E-state index is 4.34. The molecule has 0 radical (unpaired) electrons. The summed E-state index contributed by atoms with van der Waals surface area (Å²) in [5.74, 6) is 0.649. The fraction of sp³-hybridized carbons (Fsp3) is 0.643. The fourth-order valence-corrected chi connectivity index (χ4v) is 1.65. The van der Waals surface area contributed by atoms with E-state index in [0.29, 0.717) is 5.92 Å². The summed E-state index contributed by atoms with van der Waals surface area (Å²) >= 11 is 0. The first-order valence-electron chi connectivity index (χ1n) is 6.35. The largest absolute Gasteiger partial charge is 0.320 e. The Labute approximate surface area is 100 Å². The molecule has 92 valence electrons. The number of hydrogen-bond acceptors (Lipinski definition) is 2. The molecule has 2 heteroatoms. The van der Waals surface area contributed by atoms with Gasteiger partial charge in [0.1, 0.15) is 0 Å². The van der Waals surface area contributed by atoms with Crippen molar-refractivity contribution in [3.8, 4) is 0 Å². The molecular weight excluding hydrogens is 196 g/mol. The molecule has 0 saturated carbocycles. The SMILES string of the molecule is CC.CCC(CCNC)c1ccc(C)nc1. The molecule has 0 spiro atoms. The number of nitrogens with zero attached hydrogens (tertiary/aromatic N) is 1. The molecule has 1 N–H and O–H groups in total. The molecule has 0 fully saturated rings. The molecule has 1 rings (SSSR count). The Kier molecular flexibility index (Phi) is 8.82. The first-order valence-corrected chi connectivity index (χ1v) is 6.35. The van der Waals surface area contributed by atoms with Gasteiger partial charge in [0, 0.05) is 11.9 Å². The molecule has 0 aromatic carbocycles. The predicted molar refractivity (Wildman–Crippen MR) is 71.9 cm³/mol. The van der Waals surface area contributed by atoms with Crippen LogP contribution in [0.3, 0.4) is 0 Å². The minimum absolute atomic E-state index is 0.649. The highest BCUT2D eigenvalue weighted by Gasteiger charge is 2.08. The minimum Gasteiger partial charge on any atom is -0.320 e. The second-order valence-electron chi connectivity index (χ2n) is 3.73. The number of rotatable bonds is 5. The number of pyridine rings is 1. The van der Waals surface area contributed by atoms with E-state index in [9.17, 15) is 0 Å². The Bertz CT molecular complexity index is 254. The van der Waals surface area contributed by atoms with E-state index in [-0.39, 0.29) is 0 Å². The topological polar surface area (TPSA) is 24.9 Å². The Morgan fingerprint density at radius 3 is 2.44 bits per heavy atom. The summed E-state index contributed by atoms with van der Waals surface area (Å²) in [7, 11) is 2.00. The standard InChI is InChI=1S/C12H20N2.C2H6/c1-4-11(7-8-13-3)12-6-5-10(2)14-9-12;1-2/h5-6,9,11,13H,4,7-8H2,1-3H3;1-2H3. The molecule has 0 aliphatic heterocycles. The highest BCUT2D eigenvalue weighted by molar-refractivity contribution is 5.17. The van der Waals surface area contributed by atoms with Gasteiger partial charge < -0.3 is 5.32 Å². The third-order valence-corrected chi connectivity index (χ3v) is 2.64. The summed E-state index contributed by atoms with van der Waals surface area (Å²) < 4.78 is 0. The van der Waals surface area contributed by atoms with Crippen LogP contribution in [0.15, 0.2) is 18.3 Å². The minimum atomic E-state index is 0.649. The van der Waals surface area contributed by atoms with E-state index >= 15 is 0 Å². The van der Waals surface area contributed by atoms with Crippen LogP contribution < -0.4 is 5.32 Å². The zero-order chi connectivity index (χ0) is 12.4. The zero-order valence-electron chi connectivity index (χ0n) is 11.4. The van der Waals surface area contributed by atoms with E-state index in [1.807, 2.05) is 34.0 Å². The Balaban J connectivity index is 0.00000106. The normalized spacial score (nSPS) is 11.6. The smallest absolute Gasteiger partial charge is 0.0372 e. The van der Waals surface area contributed by atoms with Crippen LogP contribution in [0.5, 0.6) is 0 Å². The fourth-order valence-electron chi connectivity index (χ4n) is 1.65. The van der Waals surface area contributed by atoms with Crippen LogP contribution in [0.4, 0.5) is 0 Å². The van der Waals surface area contributed by atoms with E-state index in [2.05, 4.69) is 29.4 Å². The highest BCUT2D eigenvalue weighted by Crippen LogP contribution is 2.21. The second kappa shape index (κ2) is 9.34. The van der Waals surface area contributed by atoms with Gasteiger partial charge in [0.2, 0.25) is 0 Å². The third-order valence-electron chi connectivity index (χ3n) is 2.64. The summed E-state index contributed by atoms with van der Waals surface area (Å²) in [5, 5.41) is 3.19. The van der Waals surface area contributed by atoms with E-state index in [1.165, 1.54) is 18.4 Å². The summed E-state index contributed by atoms with van der Waals surface area (Å²) in [4.78, 5) is 4.34. The molecule has 0 amide bonds. The summed E-state index contributed by atoms with van der Waals surface area (Å²) in [6.45, 7) is 9.34. The van der Waals surface area contributed by atoms with Crippen molar-refractivity contribution in [3.05, 3.63) is 29.6 Å². The third kappa shape index (κ3) is 5.26. The van der Waals surface area contributed by atoms with Crippen LogP contribution in [0.2, 0.25) is 0 Å². The monoisotopic (exact) mass is 222 g/mol. The maximum Gasteiger partial charge on any atom is 0.0372 e. The first kappa shape index (κ1) is 15.1. The molecule has 1 heterocycles. The van der Waals surface area contributed by atoms with Crippen molar-refractivity contribution in [2.75, 3.05) is 13.6 Å². The molecule has 0 bridgehead atoms. The van der Waals surface area contributed by atoms with Gasteiger partial charge in [-0.05, 0) is 50.9 Å². The van der Waals surface area contributed by atoms with E-state index < -0.39 is 0 Å². The molecule has 0 saturated heterocycles. The number of hydrogen-bond donors (Lipinski definition) is 1. The van der Waals surface area contributed by atoms with Crippen LogP contribution in [0.25, 0.3) is 0 Å². The molecule has 1 atom stereocenters. The molecule has 2 nitrogen and oxygen atoms in total.